The molecule has 2 nitrogen and oxygen atoms in total. The second kappa shape index (κ2) is 17.2. The molecule has 0 spiro atoms. The number of benzene rings is 1. The van der Waals surface area contributed by atoms with Crippen LogP contribution < -0.4 is 0 Å². The fourth-order valence-corrected chi connectivity index (χ4v) is 20.8. The van der Waals surface area contributed by atoms with Crippen LogP contribution in [0.2, 0.25) is 13.3 Å². The van der Waals surface area contributed by atoms with Crippen LogP contribution in [0.15, 0.2) is 40.2 Å². The molecule has 0 aromatic heterocycles. The van der Waals surface area contributed by atoms with Crippen LogP contribution in [-0.2, 0) is 16.1 Å². The summed E-state index contributed by atoms with van der Waals surface area (Å²) in [5.41, 5.74) is 1.20. The Bertz CT molecular complexity index is 505. The zero-order chi connectivity index (χ0) is 21.2. The zero-order valence-electron chi connectivity index (χ0n) is 19.7. The van der Waals surface area contributed by atoms with Crippen molar-refractivity contribution in [3.05, 3.63) is 45.7 Å². The van der Waals surface area contributed by atoms with Gasteiger partial charge in [0.25, 0.3) is 0 Å². The number of hydrogen-bond acceptors (Lipinski definition) is 2. The van der Waals surface area contributed by atoms with Crippen molar-refractivity contribution in [2.75, 3.05) is 6.79 Å². The molecule has 166 valence electrons. The van der Waals surface area contributed by atoms with E-state index in [4.69, 9.17) is 9.47 Å². The molecule has 0 bridgehead atoms. The van der Waals surface area contributed by atoms with E-state index in [1.54, 1.807) is 3.59 Å². The van der Waals surface area contributed by atoms with Crippen LogP contribution in [0.1, 0.15) is 91.0 Å². The summed E-state index contributed by atoms with van der Waals surface area (Å²) in [6.07, 6.45) is 14.1. The van der Waals surface area contributed by atoms with E-state index in [1.807, 2.05) is 6.07 Å². The quantitative estimate of drug-likeness (QED) is 0.0854. The molecule has 0 unspecified atom stereocenters. The first-order valence-corrected chi connectivity index (χ1v) is 19.6. The Morgan fingerprint density at radius 1 is 0.793 bits per heavy atom. The standard InChI is InChI=1S/C14H19O2.3C4H9.Sn/c1-2-3-4-8-11-15-13-16-12-14-9-6-5-7-10-14;3*1-3-4-2;/h5-7,9-11H,2-4,12-13H2,1H3;3*1,3-4H2,2H3;. The summed E-state index contributed by atoms with van der Waals surface area (Å²) in [4.78, 5) is 0. The van der Waals surface area contributed by atoms with Crippen molar-refractivity contribution in [1.82, 2.24) is 0 Å². The number of unbranched alkanes of at least 4 members (excludes halogenated alkanes) is 4. The molecule has 0 amide bonds. The maximum atomic E-state index is 6.03. The Balaban J connectivity index is 2.84. The van der Waals surface area contributed by atoms with E-state index in [0.717, 1.165) is 0 Å². The minimum atomic E-state index is -2.38. The van der Waals surface area contributed by atoms with E-state index in [1.165, 1.54) is 76.7 Å². The molecule has 0 aliphatic heterocycles. The molecule has 0 N–H and O–H groups in total. The summed E-state index contributed by atoms with van der Waals surface area (Å²) < 4.78 is 18.1. The Kier molecular flexibility index (Phi) is 15.8. The van der Waals surface area contributed by atoms with Crippen molar-refractivity contribution in [2.24, 2.45) is 0 Å². The molecule has 1 rings (SSSR count). The van der Waals surface area contributed by atoms with Crippen molar-refractivity contribution in [2.45, 2.75) is 105 Å². The SMILES string of the molecule is CCCC/[C](=C\OCOCc1ccccc1)[Sn]([CH2]CCC)([CH2]CCC)[CH2]CCC. The Morgan fingerprint density at radius 3 is 1.86 bits per heavy atom. The third-order valence-corrected chi connectivity index (χ3v) is 22.2. The number of ether oxygens (including phenoxy) is 2. The van der Waals surface area contributed by atoms with Gasteiger partial charge in [0.1, 0.15) is 0 Å². The van der Waals surface area contributed by atoms with E-state index in [2.05, 4.69) is 58.2 Å². The molecule has 0 aliphatic rings. The van der Waals surface area contributed by atoms with Gasteiger partial charge in [-0.1, -0.05) is 0 Å². The van der Waals surface area contributed by atoms with Crippen LogP contribution in [0.3, 0.4) is 0 Å². The van der Waals surface area contributed by atoms with Crippen molar-refractivity contribution in [3.8, 4) is 0 Å². The van der Waals surface area contributed by atoms with Gasteiger partial charge in [0.05, 0.1) is 0 Å². The molecule has 29 heavy (non-hydrogen) atoms. The first-order chi connectivity index (χ1) is 14.2. The monoisotopic (exact) mass is 510 g/mol. The normalized spacial score (nSPS) is 12.3. The first kappa shape index (κ1) is 26.6. The van der Waals surface area contributed by atoms with Crippen LogP contribution in [0.25, 0.3) is 0 Å². The van der Waals surface area contributed by atoms with Crippen LogP contribution in [0.4, 0.5) is 0 Å². The molecule has 0 heterocycles. The van der Waals surface area contributed by atoms with Gasteiger partial charge in [-0.3, -0.25) is 0 Å². The van der Waals surface area contributed by atoms with Gasteiger partial charge in [-0.25, -0.2) is 0 Å². The molecule has 3 heteroatoms. The molecular formula is C26H46O2Sn. The molecule has 0 aliphatic carbocycles. The number of hydrogen-bond donors (Lipinski definition) is 0. The maximum absolute atomic E-state index is 6.03. The Morgan fingerprint density at radius 2 is 1.34 bits per heavy atom. The van der Waals surface area contributed by atoms with Gasteiger partial charge in [-0.2, -0.15) is 0 Å². The fraction of sp³-hybridized carbons (Fsp3) is 0.692. The van der Waals surface area contributed by atoms with Crippen molar-refractivity contribution in [1.29, 1.82) is 0 Å². The van der Waals surface area contributed by atoms with Crippen LogP contribution >= 0.6 is 0 Å². The van der Waals surface area contributed by atoms with Crippen molar-refractivity contribution >= 4 is 18.4 Å². The fourth-order valence-electron chi connectivity index (χ4n) is 4.13. The van der Waals surface area contributed by atoms with E-state index in [9.17, 15) is 0 Å². The number of allylic oxidation sites excluding steroid dienone is 1. The van der Waals surface area contributed by atoms with Crippen LogP contribution in [0, 0.1) is 0 Å². The molecule has 0 saturated carbocycles. The predicted octanol–water partition coefficient (Wildman–Crippen LogP) is 8.64. The van der Waals surface area contributed by atoms with Gasteiger partial charge in [0, 0.05) is 0 Å². The molecule has 0 saturated heterocycles. The van der Waals surface area contributed by atoms with E-state index in [-0.39, 0.29) is 0 Å². The molecule has 0 radical (unpaired) electrons. The average Bonchev–Trinajstić information content (AvgIpc) is 2.76. The van der Waals surface area contributed by atoms with Gasteiger partial charge in [0.2, 0.25) is 0 Å². The molecule has 0 fully saturated rings. The molecule has 1 aromatic carbocycles. The van der Waals surface area contributed by atoms with Gasteiger partial charge in [-0.05, 0) is 0 Å². The van der Waals surface area contributed by atoms with E-state index < -0.39 is 18.4 Å². The number of rotatable bonds is 18. The topological polar surface area (TPSA) is 18.5 Å². The van der Waals surface area contributed by atoms with E-state index >= 15 is 0 Å². The van der Waals surface area contributed by atoms with Gasteiger partial charge in [-0.15, -0.1) is 0 Å². The van der Waals surface area contributed by atoms with Gasteiger partial charge < -0.3 is 0 Å². The second-order valence-electron chi connectivity index (χ2n) is 8.46. The van der Waals surface area contributed by atoms with E-state index in [0.29, 0.717) is 13.4 Å². The summed E-state index contributed by atoms with van der Waals surface area (Å²) in [6.45, 7) is 10.3. The third kappa shape index (κ3) is 10.9. The summed E-state index contributed by atoms with van der Waals surface area (Å²) in [7, 11) is 0. The summed E-state index contributed by atoms with van der Waals surface area (Å²) in [6, 6.07) is 10.4. The summed E-state index contributed by atoms with van der Waals surface area (Å²) >= 11 is -2.38. The molecular weight excluding hydrogens is 463 g/mol. The Labute approximate surface area is 185 Å². The van der Waals surface area contributed by atoms with Crippen LogP contribution in [0.5, 0.6) is 0 Å². The average molecular weight is 509 g/mol. The van der Waals surface area contributed by atoms with Gasteiger partial charge in [0.15, 0.2) is 0 Å². The molecule has 1 aromatic rings. The van der Waals surface area contributed by atoms with Crippen LogP contribution in [-0.4, -0.2) is 25.2 Å². The molecule has 0 atom stereocenters. The Hall–Kier alpha value is -0.481. The zero-order valence-corrected chi connectivity index (χ0v) is 22.5. The van der Waals surface area contributed by atoms with Crippen molar-refractivity contribution < 1.29 is 9.47 Å². The second-order valence-corrected chi connectivity index (χ2v) is 21.9. The van der Waals surface area contributed by atoms with Gasteiger partial charge >= 0.3 is 186 Å². The predicted molar refractivity (Wildman–Crippen MR) is 130 cm³/mol. The third-order valence-electron chi connectivity index (χ3n) is 6.00. The van der Waals surface area contributed by atoms with Crippen molar-refractivity contribution in [3.63, 3.8) is 0 Å². The first-order valence-electron chi connectivity index (χ1n) is 12.1. The summed E-state index contributed by atoms with van der Waals surface area (Å²) in [5.74, 6) is 0. The minimum absolute atomic E-state index is 0.363. The summed E-state index contributed by atoms with van der Waals surface area (Å²) in [5, 5.41) is 0.